The van der Waals surface area contributed by atoms with Gasteiger partial charge in [-0.3, -0.25) is 9.69 Å². The molecule has 0 saturated heterocycles. The van der Waals surface area contributed by atoms with Gasteiger partial charge < -0.3 is 4.74 Å². The van der Waals surface area contributed by atoms with E-state index in [1.807, 2.05) is 0 Å². The van der Waals surface area contributed by atoms with E-state index in [-0.39, 0.29) is 17.9 Å². The van der Waals surface area contributed by atoms with Crippen LogP contribution in [-0.4, -0.2) is 24.5 Å². The van der Waals surface area contributed by atoms with Crippen LogP contribution in [0.3, 0.4) is 0 Å². The fraction of sp³-hybridized carbons (Fsp3) is 0.200. The lowest BCUT2D eigenvalue weighted by Gasteiger charge is -2.18. The first kappa shape index (κ1) is 17.0. The number of nitrogens with zero attached hydrogens (tertiary/aromatic N) is 2. The second kappa shape index (κ2) is 6.82. The number of hydrogen-bond acceptors (Lipinski definition) is 4. The Hall–Kier alpha value is -2.35. The monoisotopic (exact) mass is 342 g/mol. The molecule has 1 aromatic carbocycles. The largest absolute Gasteiger partial charge is 0.489 e. The highest BCUT2D eigenvalue weighted by Crippen LogP contribution is 2.33. The third-order valence-corrected chi connectivity index (χ3v) is 3.75. The number of aromatic nitrogens is 1. The molecule has 4 nitrogen and oxygen atoms in total. The van der Waals surface area contributed by atoms with Crippen molar-refractivity contribution in [2.45, 2.75) is 6.18 Å². The summed E-state index contributed by atoms with van der Waals surface area (Å²) in [5.74, 6) is -0.573. The summed E-state index contributed by atoms with van der Waals surface area (Å²) >= 11 is 1.20. The zero-order valence-corrected chi connectivity index (χ0v) is 12.9. The molecule has 0 atom stereocenters. The first-order chi connectivity index (χ1) is 10.8. The van der Waals surface area contributed by atoms with E-state index in [4.69, 9.17) is 4.74 Å². The molecule has 1 aromatic heterocycles. The van der Waals surface area contributed by atoms with Gasteiger partial charge in [0.2, 0.25) is 0 Å². The Labute approximate surface area is 134 Å². The Morgan fingerprint density at radius 2 is 2.22 bits per heavy atom. The van der Waals surface area contributed by atoms with Gasteiger partial charge in [0.15, 0.2) is 5.13 Å². The fourth-order valence-corrected chi connectivity index (χ4v) is 2.40. The summed E-state index contributed by atoms with van der Waals surface area (Å²) in [4.78, 5) is 17.7. The summed E-state index contributed by atoms with van der Waals surface area (Å²) in [5.41, 5.74) is -1.10. The third kappa shape index (κ3) is 3.89. The van der Waals surface area contributed by atoms with E-state index in [1.54, 1.807) is 5.38 Å². The van der Waals surface area contributed by atoms with Gasteiger partial charge in [0.1, 0.15) is 12.4 Å². The number of carbonyl (C=O) groups excluding carboxylic acids is 1. The van der Waals surface area contributed by atoms with Crippen LogP contribution in [-0.2, 0) is 6.18 Å². The molecule has 0 aliphatic heterocycles. The first-order valence-corrected chi connectivity index (χ1v) is 7.35. The molecule has 1 amide bonds. The van der Waals surface area contributed by atoms with Crippen LogP contribution in [0, 0.1) is 0 Å². The minimum Gasteiger partial charge on any atom is -0.489 e. The van der Waals surface area contributed by atoms with E-state index in [1.165, 1.54) is 35.6 Å². The highest BCUT2D eigenvalue weighted by molar-refractivity contribution is 7.13. The van der Waals surface area contributed by atoms with Gasteiger partial charge in [-0.1, -0.05) is 12.7 Å². The first-order valence-electron chi connectivity index (χ1n) is 6.47. The van der Waals surface area contributed by atoms with E-state index in [2.05, 4.69) is 11.6 Å². The SMILES string of the molecule is C=CCOc1ccc(C(F)(F)F)cc1C(=O)N(C)c1nccs1. The lowest BCUT2D eigenvalue weighted by molar-refractivity contribution is -0.137. The molecular formula is C15H13F3N2O2S. The van der Waals surface area contributed by atoms with Gasteiger partial charge in [0, 0.05) is 18.6 Å². The molecule has 8 heteroatoms. The van der Waals surface area contributed by atoms with E-state index in [0.717, 1.165) is 18.2 Å². The van der Waals surface area contributed by atoms with Crippen LogP contribution in [0.1, 0.15) is 15.9 Å². The zero-order valence-electron chi connectivity index (χ0n) is 12.1. The topological polar surface area (TPSA) is 42.4 Å². The van der Waals surface area contributed by atoms with Crippen molar-refractivity contribution >= 4 is 22.4 Å². The number of rotatable bonds is 5. The summed E-state index contributed by atoms with van der Waals surface area (Å²) < 4.78 is 44.0. The highest BCUT2D eigenvalue weighted by atomic mass is 32.1. The number of alkyl halides is 3. The number of halogens is 3. The van der Waals surface area contributed by atoms with Crippen LogP contribution in [0.15, 0.2) is 42.4 Å². The average molecular weight is 342 g/mol. The number of thiazole rings is 1. The van der Waals surface area contributed by atoms with Crippen molar-refractivity contribution in [3.05, 3.63) is 53.6 Å². The molecule has 0 radical (unpaired) electrons. The second-order valence-electron chi connectivity index (χ2n) is 4.49. The van der Waals surface area contributed by atoms with E-state index < -0.39 is 17.6 Å². The van der Waals surface area contributed by atoms with Crippen LogP contribution in [0.2, 0.25) is 0 Å². The van der Waals surface area contributed by atoms with Gasteiger partial charge in [-0.2, -0.15) is 13.2 Å². The summed E-state index contributed by atoms with van der Waals surface area (Å²) in [7, 11) is 1.44. The van der Waals surface area contributed by atoms with Crippen LogP contribution >= 0.6 is 11.3 Å². The summed E-state index contributed by atoms with van der Waals surface area (Å²) in [6.07, 6.45) is -1.60. The van der Waals surface area contributed by atoms with Crippen molar-refractivity contribution in [2.75, 3.05) is 18.6 Å². The maximum atomic E-state index is 12.9. The van der Waals surface area contributed by atoms with Crippen LogP contribution in [0.25, 0.3) is 0 Å². The molecule has 0 saturated carbocycles. The summed E-state index contributed by atoms with van der Waals surface area (Å²) in [6, 6.07) is 2.79. The van der Waals surface area contributed by atoms with E-state index >= 15 is 0 Å². The predicted octanol–water partition coefficient (Wildman–Crippen LogP) is 4.00. The van der Waals surface area contributed by atoms with Gasteiger partial charge in [-0.25, -0.2) is 4.98 Å². The Bertz CT molecular complexity index is 699. The molecule has 2 rings (SSSR count). The number of carbonyl (C=O) groups is 1. The van der Waals surface area contributed by atoms with Crippen molar-refractivity contribution in [3.8, 4) is 5.75 Å². The second-order valence-corrected chi connectivity index (χ2v) is 5.36. The quantitative estimate of drug-likeness (QED) is 0.771. The molecule has 122 valence electrons. The standard InChI is InChI=1S/C15H13F3N2O2S/c1-3-7-22-12-5-4-10(15(16,17)18)9-11(12)13(21)20(2)14-19-6-8-23-14/h3-6,8-9H,1,7H2,2H3. The molecule has 0 bridgehead atoms. The fourth-order valence-electron chi connectivity index (χ4n) is 1.80. The molecule has 1 heterocycles. The summed E-state index contributed by atoms with van der Waals surface area (Å²) in [5, 5.41) is 2.04. The Kier molecular flexibility index (Phi) is 5.05. The molecule has 0 aliphatic rings. The van der Waals surface area contributed by atoms with Crippen LogP contribution in [0.5, 0.6) is 5.75 Å². The number of amides is 1. The number of ether oxygens (including phenoxy) is 1. The Balaban J connectivity index is 2.43. The highest BCUT2D eigenvalue weighted by Gasteiger charge is 2.32. The molecule has 0 fully saturated rings. The predicted molar refractivity (Wildman–Crippen MR) is 82.0 cm³/mol. The lowest BCUT2D eigenvalue weighted by atomic mass is 10.1. The van der Waals surface area contributed by atoms with Crippen molar-refractivity contribution in [3.63, 3.8) is 0 Å². The van der Waals surface area contributed by atoms with Gasteiger partial charge in [-0.05, 0) is 18.2 Å². The molecular weight excluding hydrogens is 329 g/mol. The molecule has 0 unspecified atom stereocenters. The molecule has 0 aliphatic carbocycles. The van der Waals surface area contributed by atoms with Crippen molar-refractivity contribution < 1.29 is 22.7 Å². The Morgan fingerprint density at radius 3 is 2.78 bits per heavy atom. The minimum atomic E-state index is -4.55. The van der Waals surface area contributed by atoms with Crippen molar-refractivity contribution in [2.24, 2.45) is 0 Å². The van der Waals surface area contributed by atoms with Crippen LogP contribution in [0.4, 0.5) is 18.3 Å². The third-order valence-electron chi connectivity index (χ3n) is 2.90. The van der Waals surface area contributed by atoms with Crippen molar-refractivity contribution in [1.29, 1.82) is 0 Å². The number of hydrogen-bond donors (Lipinski definition) is 0. The lowest BCUT2D eigenvalue weighted by Crippen LogP contribution is -2.27. The van der Waals surface area contributed by atoms with Crippen LogP contribution < -0.4 is 9.64 Å². The number of anilines is 1. The summed E-state index contributed by atoms with van der Waals surface area (Å²) in [6.45, 7) is 3.55. The van der Waals surface area contributed by atoms with Gasteiger partial charge in [0.25, 0.3) is 5.91 Å². The maximum absolute atomic E-state index is 12.9. The smallest absolute Gasteiger partial charge is 0.416 e. The molecule has 2 aromatic rings. The maximum Gasteiger partial charge on any atom is 0.416 e. The number of benzene rings is 1. The molecule has 0 spiro atoms. The van der Waals surface area contributed by atoms with E-state index in [0.29, 0.717) is 5.13 Å². The van der Waals surface area contributed by atoms with E-state index in [9.17, 15) is 18.0 Å². The average Bonchev–Trinajstić information content (AvgIpc) is 3.04. The Morgan fingerprint density at radius 1 is 1.48 bits per heavy atom. The van der Waals surface area contributed by atoms with Crippen molar-refractivity contribution in [1.82, 2.24) is 4.98 Å². The van der Waals surface area contributed by atoms with Gasteiger partial charge in [0.05, 0.1) is 11.1 Å². The minimum absolute atomic E-state index is 0.0614. The zero-order chi connectivity index (χ0) is 17.0. The van der Waals surface area contributed by atoms with Gasteiger partial charge in [-0.15, -0.1) is 11.3 Å². The normalized spacial score (nSPS) is 11.1. The molecule has 0 N–H and O–H groups in total. The molecule has 23 heavy (non-hydrogen) atoms. The van der Waals surface area contributed by atoms with Gasteiger partial charge >= 0.3 is 6.18 Å².